The molecule has 0 aromatic rings. The van der Waals surface area contributed by atoms with Crippen molar-refractivity contribution >= 4 is 17.9 Å². The molecule has 4 fully saturated rings. The lowest BCUT2D eigenvalue weighted by molar-refractivity contribution is -0.221. The molecule has 0 saturated heterocycles. The van der Waals surface area contributed by atoms with E-state index in [1.54, 1.807) is 0 Å². The maximum absolute atomic E-state index is 13.6. The Morgan fingerprint density at radius 3 is 2.16 bits per heavy atom. The monoisotopic (exact) mass is 528 g/mol. The molecular weight excluding hydrogens is 480 g/mol. The van der Waals surface area contributed by atoms with Gasteiger partial charge in [-0.25, -0.2) is 0 Å². The molecule has 0 aliphatic heterocycles. The zero-order valence-electron chi connectivity index (χ0n) is 24.4. The second-order valence-corrected chi connectivity index (χ2v) is 14.9. The highest BCUT2D eigenvalue weighted by Gasteiger charge is 2.73. The van der Waals surface area contributed by atoms with Crippen molar-refractivity contribution in [3.05, 3.63) is 11.6 Å². The zero-order valence-corrected chi connectivity index (χ0v) is 24.4. The van der Waals surface area contributed by atoms with Gasteiger partial charge in [-0.3, -0.25) is 14.4 Å². The lowest BCUT2D eigenvalue weighted by Gasteiger charge is -2.70. The molecule has 38 heavy (non-hydrogen) atoms. The molecule has 5 rings (SSSR count). The average molecular weight is 529 g/mol. The quantitative estimate of drug-likeness (QED) is 0.311. The van der Waals surface area contributed by atoms with E-state index in [0.717, 1.165) is 44.1 Å². The van der Waals surface area contributed by atoms with E-state index in [9.17, 15) is 24.6 Å². The van der Waals surface area contributed by atoms with E-state index < -0.39 is 28.2 Å². The maximum atomic E-state index is 13.6. The molecule has 2 N–H and O–H groups in total. The van der Waals surface area contributed by atoms with Crippen molar-refractivity contribution in [2.45, 2.75) is 112 Å². The van der Waals surface area contributed by atoms with Gasteiger partial charge in [-0.15, -0.1) is 0 Å². The van der Waals surface area contributed by atoms with Crippen LogP contribution >= 0.6 is 0 Å². The summed E-state index contributed by atoms with van der Waals surface area (Å²) >= 11 is 0. The predicted molar refractivity (Wildman–Crippen MR) is 144 cm³/mol. The topological polar surface area (TPSA) is 101 Å². The van der Waals surface area contributed by atoms with Gasteiger partial charge in [0.15, 0.2) is 0 Å². The predicted octanol–water partition coefficient (Wildman–Crippen LogP) is 6.73. The molecule has 5 aliphatic carbocycles. The smallest absolute Gasteiger partial charge is 0.314 e. The first-order valence-corrected chi connectivity index (χ1v) is 14.9. The first kappa shape index (κ1) is 27.7. The van der Waals surface area contributed by atoms with Gasteiger partial charge >= 0.3 is 17.9 Å². The third kappa shape index (κ3) is 3.27. The van der Waals surface area contributed by atoms with Crippen LogP contribution in [0.1, 0.15) is 106 Å². The van der Waals surface area contributed by atoms with Crippen molar-refractivity contribution < 1.29 is 29.3 Å². The Hall–Kier alpha value is -1.85. The Morgan fingerprint density at radius 1 is 0.868 bits per heavy atom. The lowest BCUT2D eigenvalue weighted by atomic mass is 9.33. The summed E-state index contributed by atoms with van der Waals surface area (Å²) in [5, 5.41) is 21.7. The summed E-state index contributed by atoms with van der Waals surface area (Å²) in [5.74, 6) is -0.952. The summed E-state index contributed by atoms with van der Waals surface area (Å²) in [4.78, 5) is 38.4. The molecular formula is C32H48O6. The number of hydrogen-bond acceptors (Lipinski definition) is 4. The number of carbonyl (C=O) groups is 3. The minimum atomic E-state index is -1.03. The van der Waals surface area contributed by atoms with E-state index in [1.165, 1.54) is 6.92 Å². The number of rotatable bonds is 3. The van der Waals surface area contributed by atoms with E-state index >= 15 is 0 Å². The van der Waals surface area contributed by atoms with E-state index in [2.05, 4.69) is 47.6 Å². The molecule has 0 spiro atoms. The molecule has 6 heteroatoms. The van der Waals surface area contributed by atoms with Gasteiger partial charge in [0.1, 0.15) is 6.10 Å². The Kier molecular flexibility index (Phi) is 6.25. The van der Waals surface area contributed by atoms with Gasteiger partial charge in [0, 0.05) is 12.3 Å². The molecule has 0 bridgehead atoms. The van der Waals surface area contributed by atoms with Crippen molar-refractivity contribution in [1.29, 1.82) is 0 Å². The number of hydrogen-bond donors (Lipinski definition) is 2. The van der Waals surface area contributed by atoms with Crippen LogP contribution in [0.25, 0.3) is 0 Å². The fraction of sp³-hybridized carbons (Fsp3) is 0.844. The van der Waals surface area contributed by atoms with Gasteiger partial charge in [-0.05, 0) is 98.2 Å². The number of carboxylic acids is 2. The Morgan fingerprint density at radius 2 is 1.55 bits per heavy atom. The molecule has 212 valence electrons. The minimum Gasteiger partial charge on any atom is -0.481 e. The van der Waals surface area contributed by atoms with Crippen LogP contribution in [-0.2, 0) is 19.1 Å². The van der Waals surface area contributed by atoms with Crippen molar-refractivity contribution in [3.8, 4) is 0 Å². The molecule has 0 heterocycles. The number of carboxylic acid groups (broad SMARTS) is 2. The average Bonchev–Trinajstić information content (AvgIpc) is 2.82. The van der Waals surface area contributed by atoms with Gasteiger partial charge in [0.05, 0.1) is 10.8 Å². The molecule has 6 nitrogen and oxygen atoms in total. The van der Waals surface area contributed by atoms with Crippen LogP contribution in [0.5, 0.6) is 0 Å². The van der Waals surface area contributed by atoms with Crippen LogP contribution in [0.15, 0.2) is 11.6 Å². The second-order valence-electron chi connectivity index (χ2n) is 14.9. The standard InChI is InChI=1S/C32H48O6/c1-18-10-15-31(26(34)35)16-17-32(27(36)37)21(25(31)19(18)2)8-9-23-29(6)13-12-24(38-20(3)33)28(4,5)22(29)11-14-30(23,32)7/h8,18-19,22-25H,9-17H2,1-7H3,(H,34,35)(H,36,37)/t18-,19+,22+,23-,24+,25+,29+,30-,31+,32-/m1/s1. The van der Waals surface area contributed by atoms with Gasteiger partial charge in [0.25, 0.3) is 0 Å². The number of ether oxygens (including phenoxy) is 1. The molecule has 10 atom stereocenters. The van der Waals surface area contributed by atoms with Gasteiger partial charge in [-0.1, -0.05) is 53.2 Å². The van der Waals surface area contributed by atoms with E-state index in [4.69, 9.17) is 4.74 Å². The molecule has 0 radical (unpaired) electrons. The molecule has 4 saturated carbocycles. The van der Waals surface area contributed by atoms with E-state index in [0.29, 0.717) is 31.1 Å². The van der Waals surface area contributed by atoms with Crippen LogP contribution in [0.2, 0.25) is 0 Å². The number of allylic oxidation sites excluding steroid dienone is 1. The normalized spacial score (nSPS) is 49.3. The minimum absolute atomic E-state index is 0.0789. The Bertz CT molecular complexity index is 1080. The highest BCUT2D eigenvalue weighted by Crippen LogP contribution is 2.76. The second kappa shape index (κ2) is 8.57. The summed E-state index contributed by atoms with van der Waals surface area (Å²) in [7, 11) is 0. The number of esters is 1. The van der Waals surface area contributed by atoms with E-state index in [1.807, 2.05) is 0 Å². The molecule has 5 aliphatic rings. The van der Waals surface area contributed by atoms with Gasteiger partial charge in [0.2, 0.25) is 0 Å². The fourth-order valence-corrected chi connectivity index (χ4v) is 11.4. The Labute approximate surface area is 228 Å². The summed E-state index contributed by atoms with van der Waals surface area (Å²) in [5.41, 5.74) is -1.68. The zero-order chi connectivity index (χ0) is 28.1. The summed E-state index contributed by atoms with van der Waals surface area (Å²) in [6.45, 7) is 14.9. The largest absolute Gasteiger partial charge is 0.481 e. The lowest BCUT2D eigenvalue weighted by Crippen LogP contribution is -2.68. The van der Waals surface area contributed by atoms with Crippen molar-refractivity contribution in [2.75, 3.05) is 0 Å². The van der Waals surface area contributed by atoms with Gasteiger partial charge in [-0.2, -0.15) is 0 Å². The first-order chi connectivity index (χ1) is 17.6. The maximum Gasteiger partial charge on any atom is 0.314 e. The SMILES string of the molecule is CC(=O)O[C@H]1CC[C@]2(C)[C@H]3CC=C4[C@@H]5[C@@H](C)[C@H](C)CC[C@]5(C(=O)O)CC[C@@]4(C(=O)O)[C@]3(C)CC[C@H]2C1(C)C. The fourth-order valence-electron chi connectivity index (χ4n) is 11.4. The van der Waals surface area contributed by atoms with Crippen LogP contribution in [0, 0.1) is 56.7 Å². The van der Waals surface area contributed by atoms with Crippen LogP contribution < -0.4 is 0 Å². The number of fused-ring (bicyclic) bond motifs is 7. The highest BCUT2D eigenvalue weighted by atomic mass is 16.5. The van der Waals surface area contributed by atoms with Crippen molar-refractivity contribution in [2.24, 2.45) is 56.7 Å². The number of aliphatic carboxylic acids is 2. The van der Waals surface area contributed by atoms with Crippen molar-refractivity contribution in [1.82, 2.24) is 0 Å². The summed E-state index contributed by atoms with van der Waals surface area (Å²) in [6.07, 6.45) is 8.67. The molecule has 0 unspecified atom stereocenters. The number of carbonyl (C=O) groups excluding carboxylic acids is 1. The van der Waals surface area contributed by atoms with E-state index in [-0.39, 0.29) is 40.7 Å². The molecule has 0 aromatic heterocycles. The third-order valence-electron chi connectivity index (χ3n) is 13.5. The van der Waals surface area contributed by atoms with Gasteiger partial charge < -0.3 is 14.9 Å². The highest BCUT2D eigenvalue weighted by molar-refractivity contribution is 5.84. The van der Waals surface area contributed by atoms with Crippen LogP contribution in [0.3, 0.4) is 0 Å². The molecule has 0 aromatic carbocycles. The van der Waals surface area contributed by atoms with Crippen LogP contribution in [0.4, 0.5) is 0 Å². The summed E-state index contributed by atoms with van der Waals surface area (Å²) in [6, 6.07) is 0. The van der Waals surface area contributed by atoms with Crippen molar-refractivity contribution in [3.63, 3.8) is 0 Å². The molecule has 0 amide bonds. The summed E-state index contributed by atoms with van der Waals surface area (Å²) < 4.78 is 5.82. The Balaban J connectivity index is 1.63. The third-order valence-corrected chi connectivity index (χ3v) is 13.5. The first-order valence-electron chi connectivity index (χ1n) is 14.9. The van der Waals surface area contributed by atoms with Crippen LogP contribution in [-0.4, -0.2) is 34.2 Å².